The molecule has 1 aliphatic carbocycles. The van der Waals surface area contributed by atoms with Crippen molar-refractivity contribution in [3.8, 4) is 11.1 Å². The number of carbonyl (C=O) groups is 3. The maximum Gasteiger partial charge on any atom is 0.407 e. The van der Waals surface area contributed by atoms with Crippen LogP contribution in [0, 0.1) is 17.8 Å². The van der Waals surface area contributed by atoms with Crippen molar-refractivity contribution < 1.29 is 24.2 Å². The number of benzene rings is 2. The first kappa shape index (κ1) is 21.9. The lowest BCUT2D eigenvalue weighted by atomic mass is 9.98. The number of amides is 2. The summed E-state index contributed by atoms with van der Waals surface area (Å²) in [6.45, 7) is 4.55. The van der Waals surface area contributed by atoms with Crippen LogP contribution in [0.2, 0.25) is 0 Å². The molecule has 2 N–H and O–H groups in total. The molecule has 1 heterocycles. The number of hydrogen-bond acceptors (Lipinski definition) is 4. The summed E-state index contributed by atoms with van der Waals surface area (Å²) in [6, 6.07) is 16.3. The van der Waals surface area contributed by atoms with Crippen molar-refractivity contribution in [3.05, 3.63) is 59.7 Å². The second-order valence-electron chi connectivity index (χ2n) is 8.77. The van der Waals surface area contributed by atoms with E-state index in [4.69, 9.17) is 4.74 Å². The average molecular weight is 437 g/mol. The zero-order valence-electron chi connectivity index (χ0n) is 18.3. The van der Waals surface area contributed by atoms with Crippen molar-refractivity contribution in [1.82, 2.24) is 10.2 Å². The molecule has 0 radical (unpaired) electrons. The van der Waals surface area contributed by atoms with Gasteiger partial charge < -0.3 is 20.1 Å². The number of aliphatic carboxylic acids is 1. The summed E-state index contributed by atoms with van der Waals surface area (Å²) >= 11 is 0. The van der Waals surface area contributed by atoms with Gasteiger partial charge >= 0.3 is 12.1 Å². The number of nitrogens with zero attached hydrogens (tertiary/aromatic N) is 1. The Balaban J connectivity index is 1.30. The van der Waals surface area contributed by atoms with Crippen LogP contribution in [0.5, 0.6) is 0 Å². The maximum absolute atomic E-state index is 12.7. The lowest BCUT2D eigenvalue weighted by molar-refractivity contribution is -0.142. The Morgan fingerprint density at radius 2 is 1.66 bits per heavy atom. The Morgan fingerprint density at radius 3 is 2.22 bits per heavy atom. The summed E-state index contributed by atoms with van der Waals surface area (Å²) in [4.78, 5) is 37.8. The minimum Gasteiger partial charge on any atom is -0.481 e. The van der Waals surface area contributed by atoms with Crippen LogP contribution in [-0.2, 0) is 14.3 Å². The van der Waals surface area contributed by atoms with E-state index >= 15 is 0 Å². The molecule has 2 aliphatic rings. The summed E-state index contributed by atoms with van der Waals surface area (Å²) in [6.07, 6.45) is -0.565. The van der Waals surface area contributed by atoms with Gasteiger partial charge in [-0.3, -0.25) is 9.59 Å². The number of likely N-dealkylation sites (tertiary alicyclic amines) is 1. The first-order valence-corrected chi connectivity index (χ1v) is 11.0. The highest BCUT2D eigenvalue weighted by Crippen LogP contribution is 2.44. The molecule has 0 bridgehead atoms. The lowest BCUT2D eigenvalue weighted by Gasteiger charge is -2.21. The summed E-state index contributed by atoms with van der Waals surface area (Å²) in [5.41, 5.74) is 4.61. The number of alkyl carbamates (subject to hydrolysis) is 1. The SMILES string of the molecule is CC(CNC(=O)OCC1c2ccccc2-c2ccccc21)C(=O)N1CC(C)C(C(=O)O)C1. The average Bonchev–Trinajstić information content (AvgIpc) is 3.34. The molecule has 0 aromatic heterocycles. The zero-order valence-corrected chi connectivity index (χ0v) is 18.3. The standard InChI is InChI=1S/C25H28N2O5/c1-15(23(28)27-12-16(2)21(13-27)24(29)30)11-26-25(31)32-14-22-19-9-5-3-7-17(19)18-8-4-6-10-20(18)22/h3-10,15-16,21-22H,11-14H2,1-2H3,(H,26,31)(H,29,30). The van der Waals surface area contributed by atoms with Gasteiger partial charge in [-0.05, 0) is 28.2 Å². The molecule has 1 saturated heterocycles. The van der Waals surface area contributed by atoms with Gasteiger partial charge in [-0.1, -0.05) is 62.4 Å². The zero-order chi connectivity index (χ0) is 22.8. The summed E-state index contributed by atoms with van der Waals surface area (Å²) < 4.78 is 5.51. The first-order valence-electron chi connectivity index (χ1n) is 11.0. The summed E-state index contributed by atoms with van der Waals surface area (Å²) in [7, 11) is 0. The van der Waals surface area contributed by atoms with E-state index in [1.54, 1.807) is 11.8 Å². The predicted molar refractivity (Wildman–Crippen MR) is 119 cm³/mol. The molecule has 32 heavy (non-hydrogen) atoms. The van der Waals surface area contributed by atoms with E-state index in [9.17, 15) is 19.5 Å². The van der Waals surface area contributed by atoms with Gasteiger partial charge in [0.15, 0.2) is 0 Å². The van der Waals surface area contributed by atoms with Crippen molar-refractivity contribution in [2.75, 3.05) is 26.2 Å². The van der Waals surface area contributed by atoms with Gasteiger partial charge in [0.2, 0.25) is 5.91 Å². The summed E-state index contributed by atoms with van der Waals surface area (Å²) in [5, 5.41) is 11.9. The molecule has 3 atom stereocenters. The van der Waals surface area contributed by atoms with Crippen LogP contribution < -0.4 is 5.32 Å². The normalized spacial score (nSPS) is 20.4. The number of fused-ring (bicyclic) bond motifs is 3. The first-order chi connectivity index (χ1) is 15.4. The second-order valence-corrected chi connectivity index (χ2v) is 8.77. The smallest absolute Gasteiger partial charge is 0.407 e. The third-order valence-electron chi connectivity index (χ3n) is 6.56. The van der Waals surface area contributed by atoms with Crippen molar-refractivity contribution >= 4 is 18.0 Å². The molecule has 2 amide bonds. The van der Waals surface area contributed by atoms with Crippen LogP contribution in [0.3, 0.4) is 0 Å². The van der Waals surface area contributed by atoms with Crippen molar-refractivity contribution in [2.45, 2.75) is 19.8 Å². The maximum atomic E-state index is 12.7. The third kappa shape index (κ3) is 4.20. The van der Waals surface area contributed by atoms with E-state index < -0.39 is 23.9 Å². The van der Waals surface area contributed by atoms with Gasteiger partial charge in [0, 0.05) is 25.6 Å². The molecule has 7 nitrogen and oxygen atoms in total. The molecule has 7 heteroatoms. The molecule has 2 aromatic rings. The molecule has 3 unspecified atom stereocenters. The number of carbonyl (C=O) groups excluding carboxylic acids is 2. The Morgan fingerprint density at radius 1 is 1.06 bits per heavy atom. The molecule has 4 rings (SSSR count). The Hall–Kier alpha value is -3.35. The van der Waals surface area contributed by atoms with Gasteiger partial charge in [-0.25, -0.2) is 4.79 Å². The number of carboxylic acid groups (broad SMARTS) is 1. The van der Waals surface area contributed by atoms with Crippen LogP contribution in [0.1, 0.15) is 30.9 Å². The molecule has 1 fully saturated rings. The monoisotopic (exact) mass is 436 g/mol. The van der Waals surface area contributed by atoms with Crippen LogP contribution in [0.15, 0.2) is 48.5 Å². The summed E-state index contributed by atoms with van der Waals surface area (Å²) in [5.74, 6) is -2.14. The van der Waals surface area contributed by atoms with Crippen LogP contribution in [0.25, 0.3) is 11.1 Å². The van der Waals surface area contributed by atoms with Gasteiger partial charge in [-0.2, -0.15) is 0 Å². The van der Waals surface area contributed by atoms with Crippen LogP contribution >= 0.6 is 0 Å². The number of nitrogens with one attached hydrogen (secondary N) is 1. The van der Waals surface area contributed by atoms with E-state index in [1.807, 2.05) is 31.2 Å². The molecule has 2 aromatic carbocycles. The molecular weight excluding hydrogens is 408 g/mol. The fourth-order valence-electron chi connectivity index (χ4n) is 4.75. The number of hydrogen-bond donors (Lipinski definition) is 2. The van der Waals surface area contributed by atoms with Crippen molar-refractivity contribution in [3.63, 3.8) is 0 Å². The second kappa shape index (κ2) is 9.02. The van der Waals surface area contributed by atoms with Crippen LogP contribution in [-0.4, -0.2) is 54.2 Å². The minimum absolute atomic E-state index is 0.0220. The minimum atomic E-state index is -0.878. The van der Waals surface area contributed by atoms with Gasteiger partial charge in [-0.15, -0.1) is 0 Å². The van der Waals surface area contributed by atoms with E-state index in [0.29, 0.717) is 6.54 Å². The number of rotatable bonds is 6. The van der Waals surface area contributed by atoms with Crippen molar-refractivity contribution in [1.29, 1.82) is 0 Å². The fourth-order valence-corrected chi connectivity index (χ4v) is 4.75. The van der Waals surface area contributed by atoms with E-state index in [-0.39, 0.29) is 37.4 Å². The largest absolute Gasteiger partial charge is 0.481 e. The highest BCUT2D eigenvalue weighted by molar-refractivity contribution is 5.82. The van der Waals surface area contributed by atoms with E-state index in [0.717, 1.165) is 22.3 Å². The third-order valence-corrected chi connectivity index (χ3v) is 6.56. The Kier molecular flexibility index (Phi) is 6.17. The van der Waals surface area contributed by atoms with E-state index in [2.05, 4.69) is 29.6 Å². The quantitative estimate of drug-likeness (QED) is 0.724. The fraction of sp³-hybridized carbons (Fsp3) is 0.400. The molecular formula is C25H28N2O5. The number of carboxylic acids is 1. The van der Waals surface area contributed by atoms with Crippen molar-refractivity contribution in [2.24, 2.45) is 17.8 Å². The molecule has 0 spiro atoms. The van der Waals surface area contributed by atoms with Gasteiger partial charge in [0.25, 0.3) is 0 Å². The lowest BCUT2D eigenvalue weighted by Crippen LogP contribution is -2.40. The Labute approximate surface area is 187 Å². The molecule has 1 aliphatic heterocycles. The van der Waals surface area contributed by atoms with Crippen LogP contribution in [0.4, 0.5) is 4.79 Å². The topological polar surface area (TPSA) is 95.9 Å². The van der Waals surface area contributed by atoms with E-state index in [1.165, 1.54) is 0 Å². The van der Waals surface area contributed by atoms with Gasteiger partial charge in [0.05, 0.1) is 11.8 Å². The number of ether oxygens (including phenoxy) is 1. The highest BCUT2D eigenvalue weighted by atomic mass is 16.5. The Bertz CT molecular complexity index is 991. The highest BCUT2D eigenvalue weighted by Gasteiger charge is 2.38. The predicted octanol–water partition coefficient (Wildman–Crippen LogP) is 3.34. The van der Waals surface area contributed by atoms with Gasteiger partial charge in [0.1, 0.15) is 6.61 Å². The molecule has 168 valence electrons. The molecule has 0 saturated carbocycles.